The molecule has 4 rings (SSSR count). The zero-order valence-corrected chi connectivity index (χ0v) is 25.4. The van der Waals surface area contributed by atoms with Gasteiger partial charge in [0.25, 0.3) is 5.97 Å². The molecule has 4 saturated heterocycles. The summed E-state index contributed by atoms with van der Waals surface area (Å²) in [5.74, 6) is -3.82. The van der Waals surface area contributed by atoms with Crippen LogP contribution in [0.5, 0.6) is 0 Å². The Balaban J connectivity index is 1.76. The molecule has 0 saturated carbocycles. The molecule has 0 aromatic rings. The summed E-state index contributed by atoms with van der Waals surface area (Å²) in [5, 5.41) is 46.3. The Labute approximate surface area is 233 Å². The Kier molecular flexibility index (Phi) is 8.91. The van der Waals surface area contributed by atoms with E-state index in [1.807, 2.05) is 53.6 Å². The molecule has 16 atom stereocenters. The molecule has 4 heterocycles. The summed E-state index contributed by atoms with van der Waals surface area (Å²) >= 11 is 0. The molecule has 0 amide bonds. The van der Waals surface area contributed by atoms with Crippen LogP contribution in [0.3, 0.4) is 0 Å². The SMILES string of the molecule is CC[C@H]1O[C@]2(O)O[C@H]([C@@H](C)C3OC(C)(C[C@@H]3C)[C@H](O[C@@H]3OC(C)CC(N(C)C)C3O)[C@@H](C)[C@H](O)[C@H]2C)[C@]1(C)O. The van der Waals surface area contributed by atoms with Crippen LogP contribution in [0.2, 0.25) is 0 Å². The van der Waals surface area contributed by atoms with Crippen molar-refractivity contribution < 1.29 is 44.1 Å². The number of hydrogen-bond acceptors (Lipinski definition) is 10. The minimum Gasteiger partial charge on any atom is -0.392 e. The molecule has 4 fully saturated rings. The predicted octanol–water partition coefficient (Wildman–Crippen LogP) is 1.86. The fourth-order valence-corrected chi connectivity index (χ4v) is 7.87. The van der Waals surface area contributed by atoms with E-state index < -0.39 is 65.8 Å². The first-order valence-corrected chi connectivity index (χ1v) is 14.8. The largest absolute Gasteiger partial charge is 0.392 e. The third-order valence-electron chi connectivity index (χ3n) is 10.2. The van der Waals surface area contributed by atoms with Crippen molar-refractivity contribution in [3.05, 3.63) is 0 Å². The van der Waals surface area contributed by atoms with Gasteiger partial charge in [-0.25, -0.2) is 0 Å². The average Bonchev–Trinajstić information content (AvgIpc) is 3.17. The van der Waals surface area contributed by atoms with E-state index in [1.54, 1.807) is 13.8 Å². The van der Waals surface area contributed by atoms with Gasteiger partial charge in [0.05, 0.1) is 48.1 Å². The molecule has 228 valence electrons. The van der Waals surface area contributed by atoms with Crippen molar-refractivity contribution in [2.75, 3.05) is 14.1 Å². The van der Waals surface area contributed by atoms with Gasteiger partial charge in [0.1, 0.15) is 11.7 Å². The van der Waals surface area contributed by atoms with E-state index in [0.29, 0.717) is 19.3 Å². The molecule has 5 unspecified atom stereocenters. The van der Waals surface area contributed by atoms with Crippen LogP contribution in [0.4, 0.5) is 0 Å². The van der Waals surface area contributed by atoms with Gasteiger partial charge >= 0.3 is 0 Å². The summed E-state index contributed by atoms with van der Waals surface area (Å²) in [5.41, 5.74) is -2.23. The molecule has 0 aliphatic carbocycles. The average molecular weight is 560 g/mol. The van der Waals surface area contributed by atoms with E-state index in [2.05, 4.69) is 6.92 Å². The van der Waals surface area contributed by atoms with Gasteiger partial charge in [0.2, 0.25) is 0 Å². The second-order valence-corrected chi connectivity index (χ2v) is 13.6. The van der Waals surface area contributed by atoms with Crippen LogP contribution in [0.25, 0.3) is 0 Å². The summed E-state index contributed by atoms with van der Waals surface area (Å²) in [6.07, 6.45) is -3.85. The molecule has 4 aliphatic rings. The van der Waals surface area contributed by atoms with Gasteiger partial charge in [0, 0.05) is 17.9 Å². The zero-order valence-electron chi connectivity index (χ0n) is 25.4. The Morgan fingerprint density at radius 1 is 0.923 bits per heavy atom. The third-order valence-corrected chi connectivity index (χ3v) is 10.2. The smallest absolute Gasteiger partial charge is 0.286 e. The maximum absolute atomic E-state index is 11.7. The van der Waals surface area contributed by atoms with Crippen LogP contribution in [-0.2, 0) is 23.7 Å². The third kappa shape index (κ3) is 5.44. The number of aliphatic hydroxyl groups excluding tert-OH is 2. The fourth-order valence-electron chi connectivity index (χ4n) is 7.87. The number of ether oxygens (including phenoxy) is 5. The van der Waals surface area contributed by atoms with Gasteiger partial charge in [-0.15, -0.1) is 0 Å². The Hall–Kier alpha value is -0.400. The summed E-state index contributed by atoms with van der Waals surface area (Å²) in [4.78, 5) is 1.98. The lowest BCUT2D eigenvalue weighted by Gasteiger charge is -2.54. The second-order valence-electron chi connectivity index (χ2n) is 13.6. The summed E-state index contributed by atoms with van der Waals surface area (Å²) in [6.45, 7) is 15.1. The molecule has 0 radical (unpaired) electrons. The van der Waals surface area contributed by atoms with Crippen molar-refractivity contribution in [3.8, 4) is 0 Å². The van der Waals surface area contributed by atoms with Crippen molar-refractivity contribution in [2.24, 2.45) is 23.7 Å². The van der Waals surface area contributed by atoms with Crippen molar-refractivity contribution in [3.63, 3.8) is 0 Å². The van der Waals surface area contributed by atoms with Gasteiger partial charge < -0.3 is 49.0 Å². The minimum atomic E-state index is -2.13. The molecule has 10 nitrogen and oxygen atoms in total. The lowest BCUT2D eigenvalue weighted by Crippen LogP contribution is -2.68. The van der Waals surface area contributed by atoms with E-state index in [1.165, 1.54) is 0 Å². The minimum absolute atomic E-state index is 0.0679. The van der Waals surface area contributed by atoms with Crippen LogP contribution < -0.4 is 0 Å². The van der Waals surface area contributed by atoms with E-state index >= 15 is 0 Å². The van der Waals surface area contributed by atoms with E-state index in [-0.39, 0.29) is 30.1 Å². The predicted molar refractivity (Wildman–Crippen MR) is 143 cm³/mol. The van der Waals surface area contributed by atoms with E-state index in [0.717, 1.165) is 0 Å². The number of hydrogen-bond donors (Lipinski definition) is 4. The van der Waals surface area contributed by atoms with Gasteiger partial charge in [-0.3, -0.25) is 0 Å². The molecule has 0 aromatic heterocycles. The summed E-state index contributed by atoms with van der Waals surface area (Å²) in [7, 11) is 3.85. The fraction of sp³-hybridized carbons (Fsp3) is 1.00. The summed E-state index contributed by atoms with van der Waals surface area (Å²) in [6, 6.07) is -0.153. The normalized spacial score (nSPS) is 56.8. The monoisotopic (exact) mass is 559 g/mol. The molecule has 0 spiro atoms. The highest BCUT2D eigenvalue weighted by atomic mass is 16.8. The maximum Gasteiger partial charge on any atom is 0.286 e. The number of nitrogens with zero attached hydrogens (tertiary/aromatic N) is 1. The quantitative estimate of drug-likeness (QED) is 0.405. The van der Waals surface area contributed by atoms with E-state index in [4.69, 9.17) is 23.7 Å². The topological polar surface area (TPSA) is 130 Å². The highest BCUT2D eigenvalue weighted by molar-refractivity contribution is 5.07. The molecular weight excluding hydrogens is 506 g/mol. The van der Waals surface area contributed by atoms with E-state index in [9.17, 15) is 20.4 Å². The Morgan fingerprint density at radius 3 is 2.15 bits per heavy atom. The van der Waals surface area contributed by atoms with Gasteiger partial charge in [0.15, 0.2) is 6.29 Å². The van der Waals surface area contributed by atoms with Crippen molar-refractivity contribution in [1.29, 1.82) is 0 Å². The number of aliphatic hydroxyl groups is 4. The van der Waals surface area contributed by atoms with Crippen LogP contribution in [0, 0.1) is 23.7 Å². The number of likely N-dealkylation sites (N-methyl/N-ethyl adjacent to an activating group) is 1. The number of rotatable bonds is 4. The zero-order chi connectivity index (χ0) is 29.2. The van der Waals surface area contributed by atoms with Crippen molar-refractivity contribution in [1.82, 2.24) is 4.90 Å². The number of fused-ring (bicyclic) bond motifs is 4. The van der Waals surface area contributed by atoms with Crippen LogP contribution >= 0.6 is 0 Å². The van der Waals surface area contributed by atoms with Crippen LogP contribution in [0.15, 0.2) is 0 Å². The highest BCUT2D eigenvalue weighted by Gasteiger charge is 2.63. The first kappa shape index (κ1) is 31.5. The molecule has 4 N–H and O–H groups in total. The van der Waals surface area contributed by atoms with Crippen molar-refractivity contribution in [2.45, 2.75) is 147 Å². The molecule has 0 aromatic carbocycles. The Bertz CT molecular complexity index is 859. The molecule has 39 heavy (non-hydrogen) atoms. The Morgan fingerprint density at radius 2 is 1.56 bits per heavy atom. The highest BCUT2D eigenvalue weighted by Crippen LogP contribution is 2.51. The maximum atomic E-state index is 11.7. The molecular formula is C29H53NO9. The molecule has 4 aliphatic heterocycles. The molecule has 4 bridgehead atoms. The van der Waals surface area contributed by atoms with Crippen molar-refractivity contribution >= 4 is 0 Å². The van der Waals surface area contributed by atoms with Crippen LogP contribution in [-0.4, -0.2) is 112 Å². The summed E-state index contributed by atoms with van der Waals surface area (Å²) < 4.78 is 31.8. The van der Waals surface area contributed by atoms with Crippen LogP contribution in [0.1, 0.15) is 74.7 Å². The standard InChI is InChI=1S/C29H53NO9/c1-11-20-28(8,33)25-17(5)23-14(2)13-27(7,38-23)24(16(4)21(31)18(6)29(34,37-20)39-25)36-26-22(32)19(30(9)10)12-15(3)35-26/h14-26,31-34H,11-13H2,1-10H3/t14-,15?,16-,17-,18+,19?,20+,21-,22?,23?,24+,25+,26-,27?,28+,29-/m0/s1. The first-order chi connectivity index (χ1) is 18.0. The lowest BCUT2D eigenvalue weighted by atomic mass is 9.74. The van der Waals surface area contributed by atoms with Gasteiger partial charge in [-0.1, -0.05) is 34.6 Å². The molecule has 10 heteroatoms. The lowest BCUT2D eigenvalue weighted by molar-refractivity contribution is -0.478. The first-order valence-electron chi connectivity index (χ1n) is 14.8. The van der Waals surface area contributed by atoms with Gasteiger partial charge in [-0.2, -0.15) is 0 Å². The second kappa shape index (κ2) is 11.0. The van der Waals surface area contributed by atoms with Gasteiger partial charge in [-0.05, 0) is 60.0 Å².